The molecule has 2 aromatic rings. The molecule has 0 radical (unpaired) electrons. The van der Waals surface area contributed by atoms with Crippen molar-refractivity contribution < 1.29 is 17.6 Å². The number of sulfonamides is 1. The molecule has 1 saturated heterocycles. The van der Waals surface area contributed by atoms with Crippen LogP contribution >= 0.6 is 0 Å². The Bertz CT molecular complexity index is 925. The van der Waals surface area contributed by atoms with E-state index in [2.05, 4.69) is 16.5 Å². The van der Waals surface area contributed by atoms with E-state index < -0.39 is 15.8 Å². The van der Waals surface area contributed by atoms with E-state index in [1.165, 1.54) is 42.5 Å². The quantitative estimate of drug-likeness (QED) is 0.850. The number of likely N-dealkylation sites (N-methyl/N-ethyl adjacent to an activating group) is 1. The molecule has 1 N–H and O–H groups in total. The van der Waals surface area contributed by atoms with Gasteiger partial charge in [-0.3, -0.25) is 9.52 Å². The van der Waals surface area contributed by atoms with Crippen molar-refractivity contribution in [2.24, 2.45) is 0 Å². The van der Waals surface area contributed by atoms with Crippen molar-refractivity contribution in [2.75, 3.05) is 37.4 Å². The van der Waals surface area contributed by atoms with Gasteiger partial charge in [0.2, 0.25) is 0 Å². The minimum absolute atomic E-state index is 0.0798. The molecule has 1 fully saturated rings. The minimum Gasteiger partial charge on any atom is -0.336 e. The first-order chi connectivity index (χ1) is 12.9. The summed E-state index contributed by atoms with van der Waals surface area (Å²) in [5, 5.41) is 0. The predicted molar refractivity (Wildman–Crippen MR) is 102 cm³/mol. The summed E-state index contributed by atoms with van der Waals surface area (Å²) in [6.07, 6.45) is 0. The number of halogens is 1. The summed E-state index contributed by atoms with van der Waals surface area (Å²) in [6.45, 7) is 5.84. The zero-order valence-corrected chi connectivity index (χ0v) is 15.9. The number of anilines is 1. The van der Waals surface area contributed by atoms with Crippen LogP contribution in [0.15, 0.2) is 53.4 Å². The normalized spacial score (nSPS) is 15.6. The van der Waals surface area contributed by atoms with E-state index in [-0.39, 0.29) is 16.5 Å². The van der Waals surface area contributed by atoms with Crippen LogP contribution < -0.4 is 4.72 Å². The second kappa shape index (κ2) is 8.06. The Morgan fingerprint density at radius 3 is 2.44 bits per heavy atom. The number of rotatable bonds is 5. The van der Waals surface area contributed by atoms with Gasteiger partial charge in [0.1, 0.15) is 5.82 Å². The zero-order chi connectivity index (χ0) is 19.4. The second-order valence-electron chi connectivity index (χ2n) is 6.34. The lowest BCUT2D eigenvalue weighted by atomic mass is 10.2. The number of benzene rings is 2. The topological polar surface area (TPSA) is 69.7 Å². The first-order valence-corrected chi connectivity index (χ1v) is 10.3. The number of piperazine rings is 1. The average Bonchev–Trinajstić information content (AvgIpc) is 2.69. The summed E-state index contributed by atoms with van der Waals surface area (Å²) < 4.78 is 41.1. The smallest absolute Gasteiger partial charge is 0.262 e. The van der Waals surface area contributed by atoms with Crippen molar-refractivity contribution in [2.45, 2.75) is 11.8 Å². The predicted octanol–water partition coefficient (Wildman–Crippen LogP) is 2.40. The maximum atomic E-state index is 13.8. The molecule has 0 saturated carbocycles. The van der Waals surface area contributed by atoms with E-state index in [1.807, 2.05) is 0 Å². The fraction of sp³-hybridized carbons (Fsp3) is 0.316. The molecule has 144 valence electrons. The van der Waals surface area contributed by atoms with Gasteiger partial charge in [0.25, 0.3) is 15.9 Å². The van der Waals surface area contributed by atoms with Gasteiger partial charge in [-0.1, -0.05) is 25.1 Å². The highest BCUT2D eigenvalue weighted by atomic mass is 32.2. The fourth-order valence-corrected chi connectivity index (χ4v) is 4.11. The molecule has 0 atom stereocenters. The Hall–Kier alpha value is -2.45. The highest BCUT2D eigenvalue weighted by Gasteiger charge is 2.23. The number of para-hydroxylation sites is 1. The molecule has 1 amide bonds. The number of amides is 1. The van der Waals surface area contributed by atoms with Crippen LogP contribution in [0.5, 0.6) is 0 Å². The molecule has 8 heteroatoms. The van der Waals surface area contributed by atoms with Crippen molar-refractivity contribution in [3.63, 3.8) is 0 Å². The third kappa shape index (κ3) is 4.45. The minimum atomic E-state index is -4.00. The summed E-state index contributed by atoms with van der Waals surface area (Å²) in [5.74, 6) is -0.865. The van der Waals surface area contributed by atoms with Gasteiger partial charge in [-0.15, -0.1) is 0 Å². The molecular formula is C19H22FN3O3S. The van der Waals surface area contributed by atoms with Gasteiger partial charge in [0, 0.05) is 31.7 Å². The number of hydrogen-bond acceptors (Lipinski definition) is 4. The Labute approximate surface area is 158 Å². The number of hydrogen-bond donors (Lipinski definition) is 1. The Kier molecular flexibility index (Phi) is 5.76. The third-order valence-corrected chi connectivity index (χ3v) is 5.98. The van der Waals surface area contributed by atoms with Gasteiger partial charge >= 0.3 is 0 Å². The molecule has 1 aliphatic rings. The van der Waals surface area contributed by atoms with E-state index in [4.69, 9.17) is 0 Å². The van der Waals surface area contributed by atoms with E-state index >= 15 is 0 Å². The first-order valence-electron chi connectivity index (χ1n) is 8.80. The SMILES string of the molecule is CCN1CCN(C(=O)c2cccc(S(=O)(=O)Nc3ccccc3F)c2)CC1. The third-order valence-electron chi connectivity index (χ3n) is 4.62. The Balaban J connectivity index is 1.79. The molecule has 2 aromatic carbocycles. The standard InChI is InChI=1S/C19H22FN3O3S/c1-2-22-10-12-23(13-11-22)19(24)15-6-5-7-16(14-15)27(25,26)21-18-9-4-3-8-17(18)20/h3-9,14,21H,2,10-13H2,1H3. The lowest BCUT2D eigenvalue weighted by Crippen LogP contribution is -2.48. The van der Waals surface area contributed by atoms with Crippen molar-refractivity contribution >= 4 is 21.6 Å². The molecule has 0 aliphatic carbocycles. The van der Waals surface area contributed by atoms with Crippen molar-refractivity contribution in [3.05, 3.63) is 59.9 Å². The highest BCUT2D eigenvalue weighted by molar-refractivity contribution is 7.92. The maximum Gasteiger partial charge on any atom is 0.262 e. The van der Waals surface area contributed by atoms with Crippen LogP contribution in [0.25, 0.3) is 0 Å². The van der Waals surface area contributed by atoms with Crippen molar-refractivity contribution in [1.29, 1.82) is 0 Å². The largest absolute Gasteiger partial charge is 0.336 e. The van der Waals surface area contributed by atoms with Gasteiger partial charge in [0.05, 0.1) is 10.6 Å². The highest BCUT2D eigenvalue weighted by Crippen LogP contribution is 2.20. The van der Waals surface area contributed by atoms with Crippen LogP contribution in [-0.4, -0.2) is 56.8 Å². The molecule has 6 nitrogen and oxygen atoms in total. The fourth-order valence-electron chi connectivity index (χ4n) is 2.99. The lowest BCUT2D eigenvalue weighted by molar-refractivity contribution is 0.0643. The van der Waals surface area contributed by atoms with Gasteiger partial charge in [-0.05, 0) is 36.9 Å². The molecule has 1 aliphatic heterocycles. The molecule has 0 bridgehead atoms. The van der Waals surface area contributed by atoms with Crippen LogP contribution in [0.2, 0.25) is 0 Å². The molecule has 0 aromatic heterocycles. The van der Waals surface area contributed by atoms with E-state index in [1.54, 1.807) is 11.0 Å². The van der Waals surface area contributed by atoms with E-state index in [0.717, 1.165) is 19.6 Å². The zero-order valence-electron chi connectivity index (χ0n) is 15.1. The van der Waals surface area contributed by atoms with Gasteiger partial charge in [-0.25, -0.2) is 12.8 Å². The van der Waals surface area contributed by atoms with Crippen molar-refractivity contribution in [1.82, 2.24) is 9.80 Å². The van der Waals surface area contributed by atoms with Crippen LogP contribution in [0.3, 0.4) is 0 Å². The number of nitrogens with one attached hydrogen (secondary N) is 1. The summed E-state index contributed by atoms with van der Waals surface area (Å²) in [5.41, 5.74) is 0.168. The maximum absolute atomic E-state index is 13.8. The Morgan fingerprint density at radius 1 is 1.07 bits per heavy atom. The van der Waals surface area contributed by atoms with Crippen LogP contribution in [-0.2, 0) is 10.0 Å². The van der Waals surface area contributed by atoms with E-state index in [0.29, 0.717) is 18.7 Å². The molecule has 0 unspecified atom stereocenters. The first kappa shape index (κ1) is 19.3. The monoisotopic (exact) mass is 391 g/mol. The van der Waals surface area contributed by atoms with Gasteiger partial charge in [0.15, 0.2) is 0 Å². The summed E-state index contributed by atoms with van der Waals surface area (Å²) in [7, 11) is -4.00. The van der Waals surface area contributed by atoms with Gasteiger partial charge in [-0.2, -0.15) is 0 Å². The lowest BCUT2D eigenvalue weighted by Gasteiger charge is -2.34. The molecule has 27 heavy (non-hydrogen) atoms. The average molecular weight is 391 g/mol. The number of carbonyl (C=O) groups is 1. The van der Waals surface area contributed by atoms with E-state index in [9.17, 15) is 17.6 Å². The number of nitrogens with zero attached hydrogens (tertiary/aromatic N) is 2. The van der Waals surface area contributed by atoms with Crippen LogP contribution in [0.4, 0.5) is 10.1 Å². The molecule has 3 rings (SSSR count). The summed E-state index contributed by atoms with van der Waals surface area (Å²) >= 11 is 0. The summed E-state index contributed by atoms with van der Waals surface area (Å²) in [6, 6.07) is 11.4. The summed E-state index contributed by atoms with van der Waals surface area (Å²) in [4.78, 5) is 16.6. The van der Waals surface area contributed by atoms with Crippen LogP contribution in [0.1, 0.15) is 17.3 Å². The van der Waals surface area contributed by atoms with Gasteiger partial charge < -0.3 is 9.80 Å². The molecule has 1 heterocycles. The van der Waals surface area contributed by atoms with Crippen molar-refractivity contribution in [3.8, 4) is 0 Å². The Morgan fingerprint density at radius 2 is 1.78 bits per heavy atom. The molecule has 0 spiro atoms. The second-order valence-corrected chi connectivity index (χ2v) is 8.02. The molecular weight excluding hydrogens is 369 g/mol. The van der Waals surface area contributed by atoms with Crippen LogP contribution in [0, 0.1) is 5.82 Å². The number of carbonyl (C=O) groups excluding carboxylic acids is 1.